The van der Waals surface area contributed by atoms with E-state index in [0.29, 0.717) is 0 Å². The molecule has 0 saturated heterocycles. The van der Waals surface area contributed by atoms with E-state index in [-0.39, 0.29) is 27.7 Å². The Balaban J connectivity index is 2.62. The minimum atomic E-state index is -0.753. The van der Waals surface area contributed by atoms with Crippen LogP contribution in [0.1, 0.15) is 5.56 Å². The molecule has 1 aromatic carbocycles. The zero-order valence-electron chi connectivity index (χ0n) is 13.4. The number of hydrogen-bond donors (Lipinski definition) is 1. The van der Waals surface area contributed by atoms with Crippen LogP contribution < -0.4 is 16.0 Å². The Morgan fingerprint density at radius 2 is 1.96 bits per heavy atom. The Morgan fingerprint density at radius 1 is 1.32 bits per heavy atom. The van der Waals surface area contributed by atoms with E-state index in [9.17, 15) is 24.8 Å². The quantitative estimate of drug-likeness (QED) is 0.489. The van der Waals surface area contributed by atoms with Gasteiger partial charge in [-0.05, 0) is 6.07 Å². The van der Waals surface area contributed by atoms with Crippen LogP contribution in [0.2, 0.25) is 5.02 Å². The van der Waals surface area contributed by atoms with Crippen LogP contribution in [0.15, 0.2) is 26.7 Å². The normalized spacial score (nSPS) is 11.0. The topological polar surface area (TPSA) is 129 Å². The Hall–Kier alpha value is -3.14. The third-order valence-electron chi connectivity index (χ3n) is 3.45. The third kappa shape index (κ3) is 3.24. The van der Waals surface area contributed by atoms with E-state index >= 15 is 0 Å². The second-order valence-electron chi connectivity index (χ2n) is 4.93. The highest BCUT2D eigenvalue weighted by Crippen LogP contribution is 2.37. The molecule has 0 atom stereocenters. The van der Waals surface area contributed by atoms with Crippen molar-refractivity contribution in [1.29, 1.82) is 0 Å². The summed E-state index contributed by atoms with van der Waals surface area (Å²) >= 11 is 5.84. The van der Waals surface area contributed by atoms with E-state index in [0.717, 1.165) is 21.4 Å². The number of methoxy groups -OCH3 is 1. The maximum absolute atomic E-state index is 12.1. The summed E-state index contributed by atoms with van der Waals surface area (Å²) in [5.41, 5.74) is -1.94. The van der Waals surface area contributed by atoms with Gasteiger partial charge in [-0.1, -0.05) is 11.6 Å². The lowest BCUT2D eigenvalue weighted by Crippen LogP contribution is -2.38. The Kier molecular flexibility index (Phi) is 4.93. The molecule has 0 saturated carbocycles. The molecular formula is C14H13ClN4O6. The largest absolute Gasteiger partial charge is 0.494 e. The second-order valence-corrected chi connectivity index (χ2v) is 5.34. The van der Waals surface area contributed by atoms with Gasteiger partial charge in [0.15, 0.2) is 5.75 Å². The summed E-state index contributed by atoms with van der Waals surface area (Å²) < 4.78 is 6.71. The van der Waals surface area contributed by atoms with E-state index < -0.39 is 22.1 Å². The highest BCUT2D eigenvalue weighted by atomic mass is 35.5. The second kappa shape index (κ2) is 6.77. The molecule has 1 aromatic heterocycles. The number of aromatic nitrogens is 2. The van der Waals surface area contributed by atoms with Gasteiger partial charge in [0.2, 0.25) is 5.88 Å². The van der Waals surface area contributed by atoms with Crippen LogP contribution in [0, 0.1) is 10.1 Å². The molecule has 1 N–H and O–H groups in total. The lowest BCUT2D eigenvalue weighted by molar-refractivity contribution is -0.384. The summed E-state index contributed by atoms with van der Waals surface area (Å²) in [6.07, 6.45) is 1.02. The van der Waals surface area contributed by atoms with Crippen LogP contribution in [0.3, 0.4) is 0 Å². The fourth-order valence-corrected chi connectivity index (χ4v) is 2.27. The molecule has 0 unspecified atom stereocenters. The number of hydrogen-bond acceptors (Lipinski definition) is 7. The SMILES string of the molecule is COc1cc([N+](=O)[O-])c(Cl)cc1N=Cc1c(O)n(C)c(=O)n(C)c1=O. The molecule has 2 aromatic rings. The van der Waals surface area contributed by atoms with Gasteiger partial charge in [0.25, 0.3) is 11.2 Å². The van der Waals surface area contributed by atoms with Gasteiger partial charge in [-0.25, -0.2) is 4.79 Å². The molecule has 0 radical (unpaired) electrons. The van der Waals surface area contributed by atoms with Gasteiger partial charge >= 0.3 is 5.69 Å². The number of halogens is 1. The zero-order chi connectivity index (χ0) is 18.9. The number of nitro groups is 1. The molecular weight excluding hydrogens is 356 g/mol. The first-order valence-electron chi connectivity index (χ1n) is 6.74. The predicted octanol–water partition coefficient (Wildman–Crippen LogP) is 1.11. The van der Waals surface area contributed by atoms with Crippen molar-refractivity contribution in [2.45, 2.75) is 0 Å². The number of aliphatic imine (C=N–C) groups is 1. The van der Waals surface area contributed by atoms with Crippen LogP contribution >= 0.6 is 11.6 Å². The number of nitrogens with zero attached hydrogens (tertiary/aromatic N) is 4. The first kappa shape index (κ1) is 18.2. The monoisotopic (exact) mass is 368 g/mol. The minimum absolute atomic E-state index is 0.0495. The highest BCUT2D eigenvalue weighted by molar-refractivity contribution is 6.33. The van der Waals surface area contributed by atoms with Gasteiger partial charge in [0, 0.05) is 20.3 Å². The van der Waals surface area contributed by atoms with Gasteiger partial charge in [0.05, 0.1) is 18.1 Å². The van der Waals surface area contributed by atoms with Crippen molar-refractivity contribution in [2.24, 2.45) is 19.1 Å². The summed E-state index contributed by atoms with van der Waals surface area (Å²) in [4.78, 5) is 38.0. The average molecular weight is 369 g/mol. The summed E-state index contributed by atoms with van der Waals surface area (Å²) in [5, 5.41) is 20.7. The van der Waals surface area contributed by atoms with Crippen LogP contribution in [0.4, 0.5) is 11.4 Å². The van der Waals surface area contributed by atoms with Gasteiger partial charge in [-0.2, -0.15) is 0 Å². The van der Waals surface area contributed by atoms with E-state index in [1.165, 1.54) is 27.3 Å². The van der Waals surface area contributed by atoms with E-state index in [1.807, 2.05) is 0 Å². The van der Waals surface area contributed by atoms with Crippen molar-refractivity contribution in [1.82, 2.24) is 9.13 Å². The standard InChI is InChI=1S/C14H13ClN4O6/c1-17-12(20)7(13(21)18(2)14(17)22)6-16-9-4-8(15)10(19(23)24)5-11(9)25-3/h4-6,20H,1-3H3. The molecule has 1 heterocycles. The first-order valence-corrected chi connectivity index (χ1v) is 7.11. The van der Waals surface area contributed by atoms with E-state index in [1.54, 1.807) is 0 Å². The molecule has 0 bridgehead atoms. The molecule has 0 aliphatic heterocycles. The zero-order valence-corrected chi connectivity index (χ0v) is 14.1. The van der Waals surface area contributed by atoms with Gasteiger partial charge in [-0.15, -0.1) is 0 Å². The fourth-order valence-electron chi connectivity index (χ4n) is 2.04. The van der Waals surface area contributed by atoms with E-state index in [2.05, 4.69) is 4.99 Å². The van der Waals surface area contributed by atoms with Crippen molar-refractivity contribution >= 4 is 29.2 Å². The van der Waals surface area contributed by atoms with Crippen molar-refractivity contribution < 1.29 is 14.8 Å². The van der Waals surface area contributed by atoms with E-state index in [4.69, 9.17) is 16.3 Å². The summed E-state index contributed by atoms with van der Waals surface area (Å²) in [6.45, 7) is 0. The Bertz CT molecular complexity index is 1010. The molecule has 25 heavy (non-hydrogen) atoms. The maximum atomic E-state index is 12.1. The number of aromatic hydroxyl groups is 1. The fraction of sp³-hybridized carbons (Fsp3) is 0.214. The molecule has 10 nitrogen and oxygen atoms in total. The number of nitro benzene ring substituents is 1. The van der Waals surface area contributed by atoms with Crippen LogP contribution in [-0.4, -0.2) is 32.5 Å². The van der Waals surface area contributed by atoms with Crippen molar-refractivity contribution in [3.63, 3.8) is 0 Å². The molecule has 0 spiro atoms. The lowest BCUT2D eigenvalue weighted by Gasteiger charge is -2.08. The van der Waals surface area contributed by atoms with Crippen molar-refractivity contribution in [3.05, 3.63) is 53.7 Å². The summed E-state index contributed by atoms with van der Waals surface area (Å²) in [7, 11) is 3.83. The molecule has 0 fully saturated rings. The van der Waals surface area contributed by atoms with Crippen molar-refractivity contribution in [2.75, 3.05) is 7.11 Å². The highest BCUT2D eigenvalue weighted by Gasteiger charge is 2.18. The smallest absolute Gasteiger partial charge is 0.333 e. The molecule has 11 heteroatoms. The number of benzene rings is 1. The first-order chi connectivity index (χ1) is 11.7. The maximum Gasteiger partial charge on any atom is 0.333 e. The van der Waals surface area contributed by atoms with Crippen LogP contribution in [0.5, 0.6) is 11.6 Å². The van der Waals surface area contributed by atoms with Gasteiger partial charge in [-0.3, -0.25) is 29.0 Å². The minimum Gasteiger partial charge on any atom is -0.494 e. The lowest BCUT2D eigenvalue weighted by atomic mass is 10.2. The van der Waals surface area contributed by atoms with Gasteiger partial charge < -0.3 is 9.84 Å². The molecule has 0 amide bonds. The van der Waals surface area contributed by atoms with Crippen LogP contribution in [-0.2, 0) is 14.1 Å². The predicted molar refractivity (Wildman–Crippen MR) is 90.5 cm³/mol. The molecule has 2 rings (SSSR count). The third-order valence-corrected chi connectivity index (χ3v) is 3.75. The molecule has 132 valence electrons. The van der Waals surface area contributed by atoms with Gasteiger partial charge in [0.1, 0.15) is 16.3 Å². The molecule has 0 aliphatic rings. The summed E-state index contributed by atoms with van der Waals surface area (Å²) in [6, 6.07) is 2.28. The number of ether oxygens (including phenoxy) is 1. The Morgan fingerprint density at radius 3 is 2.52 bits per heavy atom. The molecule has 0 aliphatic carbocycles. The average Bonchev–Trinajstić information content (AvgIpc) is 2.58. The van der Waals surface area contributed by atoms with Crippen molar-refractivity contribution in [3.8, 4) is 11.6 Å². The number of rotatable bonds is 4. The Labute approximate surface area is 145 Å². The van der Waals surface area contributed by atoms with Crippen LogP contribution in [0.25, 0.3) is 0 Å². The summed E-state index contributed by atoms with van der Waals surface area (Å²) in [5.74, 6) is -0.516.